The molecule has 2 atom stereocenters. The van der Waals surface area contributed by atoms with E-state index in [1.807, 2.05) is 13.2 Å². The van der Waals surface area contributed by atoms with Crippen LogP contribution in [0.3, 0.4) is 0 Å². The summed E-state index contributed by atoms with van der Waals surface area (Å²) in [7, 11) is 2.01. The highest BCUT2D eigenvalue weighted by Crippen LogP contribution is 2.26. The van der Waals surface area contributed by atoms with Gasteiger partial charge in [-0.25, -0.2) is 0 Å². The Morgan fingerprint density at radius 2 is 2.47 bits per heavy atom. The molecule has 0 aromatic carbocycles. The van der Waals surface area contributed by atoms with E-state index >= 15 is 0 Å². The predicted molar refractivity (Wildman–Crippen MR) is 67.9 cm³/mol. The van der Waals surface area contributed by atoms with E-state index < -0.39 is 0 Å². The van der Waals surface area contributed by atoms with E-state index in [2.05, 4.69) is 28.1 Å². The first kappa shape index (κ1) is 12.6. The van der Waals surface area contributed by atoms with E-state index in [0.29, 0.717) is 6.10 Å². The zero-order chi connectivity index (χ0) is 12.1. The Kier molecular flexibility index (Phi) is 4.57. The Morgan fingerprint density at radius 3 is 3.12 bits per heavy atom. The standard InChI is InChI=1S/C13H23N3O/c1-3-9-16-11(7-8-15-16)13(14-2)12-6-4-5-10-17-12/h7-8,12-14H,3-6,9-10H2,1-2H3. The number of likely N-dealkylation sites (N-methyl/N-ethyl adjacent to an activating group) is 1. The second-order valence-electron chi connectivity index (χ2n) is 4.65. The molecule has 96 valence electrons. The zero-order valence-electron chi connectivity index (χ0n) is 10.9. The van der Waals surface area contributed by atoms with E-state index in [-0.39, 0.29) is 6.04 Å². The van der Waals surface area contributed by atoms with Crippen molar-refractivity contribution >= 4 is 0 Å². The lowest BCUT2D eigenvalue weighted by Gasteiger charge is -2.30. The highest BCUT2D eigenvalue weighted by molar-refractivity contribution is 5.09. The van der Waals surface area contributed by atoms with Crippen molar-refractivity contribution in [2.45, 2.75) is 51.3 Å². The number of nitrogens with one attached hydrogen (secondary N) is 1. The van der Waals surface area contributed by atoms with Crippen LogP contribution in [0.1, 0.15) is 44.3 Å². The van der Waals surface area contributed by atoms with Gasteiger partial charge in [-0.15, -0.1) is 0 Å². The molecule has 2 heterocycles. The molecule has 1 N–H and O–H groups in total. The molecular formula is C13H23N3O. The molecule has 2 unspecified atom stereocenters. The Hall–Kier alpha value is -0.870. The predicted octanol–water partition coefficient (Wildman–Crippen LogP) is 2.12. The molecule has 17 heavy (non-hydrogen) atoms. The zero-order valence-corrected chi connectivity index (χ0v) is 10.9. The highest BCUT2D eigenvalue weighted by atomic mass is 16.5. The molecule has 2 rings (SSSR count). The van der Waals surface area contributed by atoms with Crippen LogP contribution in [-0.4, -0.2) is 29.5 Å². The van der Waals surface area contributed by atoms with Gasteiger partial charge in [-0.3, -0.25) is 4.68 Å². The molecule has 1 aromatic rings. The van der Waals surface area contributed by atoms with Gasteiger partial charge in [0.25, 0.3) is 0 Å². The quantitative estimate of drug-likeness (QED) is 0.852. The van der Waals surface area contributed by atoms with Gasteiger partial charge >= 0.3 is 0 Å². The lowest BCUT2D eigenvalue weighted by Crippen LogP contribution is -2.35. The normalized spacial score (nSPS) is 22.6. The largest absolute Gasteiger partial charge is 0.376 e. The minimum Gasteiger partial charge on any atom is -0.376 e. The van der Waals surface area contributed by atoms with Crippen molar-refractivity contribution in [3.8, 4) is 0 Å². The molecule has 0 spiro atoms. The summed E-state index contributed by atoms with van der Waals surface area (Å²) < 4.78 is 7.98. The van der Waals surface area contributed by atoms with Crippen molar-refractivity contribution in [1.82, 2.24) is 15.1 Å². The highest BCUT2D eigenvalue weighted by Gasteiger charge is 2.26. The molecule has 4 heteroatoms. The fourth-order valence-electron chi connectivity index (χ4n) is 2.56. The Bertz CT molecular complexity index is 331. The second kappa shape index (κ2) is 6.17. The Balaban J connectivity index is 2.12. The minimum absolute atomic E-state index is 0.268. The minimum atomic E-state index is 0.268. The van der Waals surface area contributed by atoms with Crippen LogP contribution in [-0.2, 0) is 11.3 Å². The molecule has 1 fully saturated rings. The van der Waals surface area contributed by atoms with E-state index in [4.69, 9.17) is 4.74 Å². The van der Waals surface area contributed by atoms with Crippen LogP contribution >= 0.6 is 0 Å². The van der Waals surface area contributed by atoms with Crippen LogP contribution in [0.15, 0.2) is 12.3 Å². The van der Waals surface area contributed by atoms with Crippen molar-refractivity contribution in [3.63, 3.8) is 0 Å². The van der Waals surface area contributed by atoms with E-state index in [0.717, 1.165) is 26.0 Å². The van der Waals surface area contributed by atoms with Crippen LogP contribution < -0.4 is 5.32 Å². The Labute approximate surface area is 103 Å². The molecule has 0 bridgehead atoms. The van der Waals surface area contributed by atoms with E-state index in [1.54, 1.807) is 0 Å². The summed E-state index contributed by atoms with van der Waals surface area (Å²) in [6.45, 7) is 4.05. The molecule has 1 saturated heterocycles. The molecule has 1 aromatic heterocycles. The van der Waals surface area contributed by atoms with Gasteiger partial charge in [0.15, 0.2) is 0 Å². The molecule has 0 amide bonds. The monoisotopic (exact) mass is 237 g/mol. The smallest absolute Gasteiger partial charge is 0.0784 e. The molecule has 0 saturated carbocycles. The van der Waals surface area contributed by atoms with Gasteiger partial charge in [0.1, 0.15) is 0 Å². The average Bonchev–Trinajstić information content (AvgIpc) is 2.81. The first-order chi connectivity index (χ1) is 8.36. The molecule has 1 aliphatic heterocycles. The first-order valence-electron chi connectivity index (χ1n) is 6.67. The third-order valence-corrected chi connectivity index (χ3v) is 3.40. The van der Waals surface area contributed by atoms with Gasteiger partial charge in [0, 0.05) is 19.3 Å². The number of hydrogen-bond acceptors (Lipinski definition) is 3. The third kappa shape index (κ3) is 2.87. The SMILES string of the molecule is CCCn1nccc1C(NC)C1CCCCO1. The summed E-state index contributed by atoms with van der Waals surface area (Å²) in [5, 5.41) is 7.78. The van der Waals surface area contributed by atoms with Crippen molar-refractivity contribution in [3.05, 3.63) is 18.0 Å². The van der Waals surface area contributed by atoms with Crippen LogP contribution in [0.2, 0.25) is 0 Å². The van der Waals surface area contributed by atoms with Crippen molar-refractivity contribution < 1.29 is 4.74 Å². The summed E-state index contributed by atoms with van der Waals surface area (Å²) in [5.41, 5.74) is 1.25. The Morgan fingerprint density at radius 1 is 1.59 bits per heavy atom. The van der Waals surface area contributed by atoms with Crippen LogP contribution in [0, 0.1) is 0 Å². The molecule has 0 aliphatic carbocycles. The lowest BCUT2D eigenvalue weighted by atomic mass is 9.99. The van der Waals surface area contributed by atoms with Crippen molar-refractivity contribution in [2.24, 2.45) is 0 Å². The number of nitrogens with zero attached hydrogens (tertiary/aromatic N) is 2. The number of rotatable bonds is 5. The van der Waals surface area contributed by atoms with Gasteiger partial charge in [0.05, 0.1) is 17.8 Å². The van der Waals surface area contributed by atoms with Gasteiger partial charge < -0.3 is 10.1 Å². The average molecular weight is 237 g/mol. The number of hydrogen-bond donors (Lipinski definition) is 1. The van der Waals surface area contributed by atoms with E-state index in [1.165, 1.54) is 18.5 Å². The first-order valence-corrected chi connectivity index (χ1v) is 6.67. The fraction of sp³-hybridized carbons (Fsp3) is 0.769. The summed E-state index contributed by atoms with van der Waals surface area (Å²) in [6, 6.07) is 2.37. The fourth-order valence-corrected chi connectivity index (χ4v) is 2.56. The summed E-state index contributed by atoms with van der Waals surface area (Å²) in [6.07, 6.45) is 6.89. The van der Waals surface area contributed by atoms with Gasteiger partial charge in [-0.2, -0.15) is 5.10 Å². The van der Waals surface area contributed by atoms with Crippen molar-refractivity contribution in [1.29, 1.82) is 0 Å². The maximum Gasteiger partial charge on any atom is 0.0784 e. The number of aromatic nitrogens is 2. The van der Waals surface area contributed by atoms with E-state index in [9.17, 15) is 0 Å². The van der Waals surface area contributed by atoms with Crippen LogP contribution in [0.5, 0.6) is 0 Å². The maximum absolute atomic E-state index is 5.88. The molecule has 0 radical (unpaired) electrons. The lowest BCUT2D eigenvalue weighted by molar-refractivity contribution is -0.00842. The summed E-state index contributed by atoms with van der Waals surface area (Å²) in [5.74, 6) is 0. The van der Waals surface area contributed by atoms with Crippen molar-refractivity contribution in [2.75, 3.05) is 13.7 Å². The van der Waals surface area contributed by atoms with Gasteiger partial charge in [-0.1, -0.05) is 6.92 Å². The number of ether oxygens (including phenoxy) is 1. The van der Waals surface area contributed by atoms with Crippen LogP contribution in [0.25, 0.3) is 0 Å². The third-order valence-electron chi connectivity index (χ3n) is 3.40. The second-order valence-corrected chi connectivity index (χ2v) is 4.65. The summed E-state index contributed by atoms with van der Waals surface area (Å²) in [4.78, 5) is 0. The maximum atomic E-state index is 5.88. The topological polar surface area (TPSA) is 39.1 Å². The summed E-state index contributed by atoms with van der Waals surface area (Å²) >= 11 is 0. The molecule has 1 aliphatic rings. The number of aryl methyl sites for hydroxylation is 1. The van der Waals surface area contributed by atoms with Crippen LogP contribution in [0.4, 0.5) is 0 Å². The van der Waals surface area contributed by atoms with Gasteiger partial charge in [0.2, 0.25) is 0 Å². The molecular weight excluding hydrogens is 214 g/mol. The molecule has 4 nitrogen and oxygen atoms in total. The van der Waals surface area contributed by atoms with Gasteiger partial charge in [-0.05, 0) is 38.8 Å².